The van der Waals surface area contributed by atoms with Crippen molar-refractivity contribution < 1.29 is 9.32 Å². The smallest absolute Gasteiger partial charge is 0.249 e. The van der Waals surface area contributed by atoms with E-state index in [9.17, 15) is 4.79 Å². The Morgan fingerprint density at radius 1 is 1.21 bits per heavy atom. The standard InChI is InChI=1S/C19H25N3O2/c1-13-8-10-14(11-9-13)16-20-17(24-21-16)15-7-5-6-12-22(15)18(23)19(2,3)4/h8-11,15H,5-7,12H2,1-4H3. The molecule has 1 aliphatic rings. The minimum absolute atomic E-state index is 0.114. The van der Waals surface area contributed by atoms with Crippen molar-refractivity contribution in [3.8, 4) is 11.4 Å². The number of nitrogens with zero attached hydrogens (tertiary/aromatic N) is 3. The molecule has 0 N–H and O–H groups in total. The minimum Gasteiger partial charge on any atom is -0.337 e. The van der Waals surface area contributed by atoms with E-state index in [0.717, 1.165) is 31.4 Å². The number of piperidine rings is 1. The summed E-state index contributed by atoms with van der Waals surface area (Å²) >= 11 is 0. The highest BCUT2D eigenvalue weighted by Crippen LogP contribution is 2.34. The van der Waals surface area contributed by atoms with Crippen molar-refractivity contribution in [1.29, 1.82) is 0 Å². The Bertz CT molecular complexity index is 713. The van der Waals surface area contributed by atoms with Gasteiger partial charge in [0.25, 0.3) is 0 Å². The number of benzene rings is 1. The third-order valence-corrected chi connectivity index (χ3v) is 4.44. The van der Waals surface area contributed by atoms with Gasteiger partial charge in [0.05, 0.1) is 0 Å². The first kappa shape index (κ1) is 16.7. The Labute approximate surface area is 143 Å². The van der Waals surface area contributed by atoms with Crippen molar-refractivity contribution in [3.63, 3.8) is 0 Å². The van der Waals surface area contributed by atoms with Crippen LogP contribution in [0.5, 0.6) is 0 Å². The normalized spacial score (nSPS) is 18.7. The van der Waals surface area contributed by atoms with Gasteiger partial charge in [0.15, 0.2) is 0 Å². The molecule has 1 unspecified atom stereocenters. The summed E-state index contributed by atoms with van der Waals surface area (Å²) in [6, 6.07) is 7.92. The molecule has 1 fully saturated rings. The molecule has 1 amide bonds. The predicted molar refractivity (Wildman–Crippen MR) is 92.2 cm³/mol. The number of likely N-dealkylation sites (tertiary alicyclic amines) is 1. The molecule has 0 spiro atoms. The van der Waals surface area contributed by atoms with Gasteiger partial charge in [0.1, 0.15) is 6.04 Å². The van der Waals surface area contributed by atoms with Gasteiger partial charge in [-0.05, 0) is 26.2 Å². The van der Waals surface area contributed by atoms with Crippen LogP contribution in [-0.2, 0) is 4.79 Å². The molecule has 0 radical (unpaired) electrons. The van der Waals surface area contributed by atoms with Gasteiger partial charge in [-0.3, -0.25) is 4.79 Å². The molecule has 1 saturated heterocycles. The molecule has 3 rings (SSSR count). The summed E-state index contributed by atoms with van der Waals surface area (Å²) in [6.07, 6.45) is 2.97. The lowest BCUT2D eigenvalue weighted by molar-refractivity contribution is -0.144. The number of aryl methyl sites for hydroxylation is 1. The molecule has 1 aromatic heterocycles. The fourth-order valence-electron chi connectivity index (χ4n) is 3.05. The molecular formula is C19H25N3O2. The number of rotatable bonds is 2. The zero-order valence-corrected chi connectivity index (χ0v) is 14.9. The molecule has 24 heavy (non-hydrogen) atoms. The summed E-state index contributed by atoms with van der Waals surface area (Å²) < 4.78 is 5.53. The Kier molecular flexibility index (Phi) is 4.43. The fourth-order valence-corrected chi connectivity index (χ4v) is 3.05. The first-order valence-corrected chi connectivity index (χ1v) is 8.58. The molecule has 2 aromatic rings. The summed E-state index contributed by atoms with van der Waals surface area (Å²) in [5, 5.41) is 4.12. The molecule has 0 bridgehead atoms. The van der Waals surface area contributed by atoms with Crippen LogP contribution in [-0.4, -0.2) is 27.5 Å². The van der Waals surface area contributed by atoms with Gasteiger partial charge in [0, 0.05) is 17.5 Å². The SMILES string of the molecule is Cc1ccc(-c2noc(C3CCCCN3C(=O)C(C)(C)C)n2)cc1. The van der Waals surface area contributed by atoms with E-state index in [2.05, 4.69) is 10.1 Å². The topological polar surface area (TPSA) is 59.2 Å². The van der Waals surface area contributed by atoms with Crippen molar-refractivity contribution in [1.82, 2.24) is 15.0 Å². The van der Waals surface area contributed by atoms with Crippen molar-refractivity contribution >= 4 is 5.91 Å². The molecule has 128 valence electrons. The van der Waals surface area contributed by atoms with Gasteiger partial charge >= 0.3 is 0 Å². The zero-order valence-electron chi connectivity index (χ0n) is 14.9. The largest absolute Gasteiger partial charge is 0.337 e. The molecule has 1 atom stereocenters. The monoisotopic (exact) mass is 327 g/mol. The van der Waals surface area contributed by atoms with Gasteiger partial charge in [-0.25, -0.2) is 0 Å². The third kappa shape index (κ3) is 3.35. The summed E-state index contributed by atoms with van der Waals surface area (Å²) in [6.45, 7) is 8.65. The molecule has 2 heterocycles. The van der Waals surface area contributed by atoms with Gasteiger partial charge in [0.2, 0.25) is 17.6 Å². The molecule has 5 nitrogen and oxygen atoms in total. The molecule has 0 aliphatic carbocycles. The van der Waals surface area contributed by atoms with E-state index in [1.165, 1.54) is 5.56 Å². The Morgan fingerprint density at radius 3 is 2.58 bits per heavy atom. The molecular weight excluding hydrogens is 302 g/mol. The van der Waals surface area contributed by atoms with Crippen LogP contribution in [0.2, 0.25) is 0 Å². The van der Waals surface area contributed by atoms with Crippen molar-refractivity contribution in [3.05, 3.63) is 35.7 Å². The van der Waals surface area contributed by atoms with E-state index in [-0.39, 0.29) is 11.9 Å². The second kappa shape index (κ2) is 6.38. The number of carbonyl (C=O) groups is 1. The number of hydrogen-bond donors (Lipinski definition) is 0. The lowest BCUT2D eigenvalue weighted by Crippen LogP contribution is -2.44. The van der Waals surface area contributed by atoms with Gasteiger partial charge < -0.3 is 9.42 Å². The first-order valence-electron chi connectivity index (χ1n) is 8.58. The molecule has 1 aliphatic heterocycles. The first-order chi connectivity index (χ1) is 11.4. The molecule has 0 saturated carbocycles. The van der Waals surface area contributed by atoms with Gasteiger partial charge in [-0.15, -0.1) is 0 Å². The highest BCUT2D eigenvalue weighted by atomic mass is 16.5. The number of carbonyl (C=O) groups excluding carboxylic acids is 1. The van der Waals surface area contributed by atoms with Crippen LogP contribution in [0.15, 0.2) is 28.8 Å². The Hall–Kier alpha value is -2.17. The summed E-state index contributed by atoms with van der Waals surface area (Å²) in [5.41, 5.74) is 1.71. The number of hydrogen-bond acceptors (Lipinski definition) is 4. The summed E-state index contributed by atoms with van der Waals surface area (Å²) in [7, 11) is 0. The average Bonchev–Trinajstić information content (AvgIpc) is 3.04. The van der Waals surface area contributed by atoms with E-state index < -0.39 is 5.41 Å². The lowest BCUT2D eigenvalue weighted by atomic mass is 9.91. The number of amides is 1. The Morgan fingerprint density at radius 2 is 1.92 bits per heavy atom. The summed E-state index contributed by atoms with van der Waals surface area (Å²) in [5.74, 6) is 1.27. The van der Waals surface area contributed by atoms with Crippen LogP contribution in [0, 0.1) is 12.3 Å². The quantitative estimate of drug-likeness (QED) is 0.831. The van der Waals surface area contributed by atoms with E-state index in [0.29, 0.717) is 11.7 Å². The highest BCUT2D eigenvalue weighted by Gasteiger charge is 2.36. The van der Waals surface area contributed by atoms with E-state index in [1.807, 2.05) is 56.9 Å². The van der Waals surface area contributed by atoms with Gasteiger partial charge in [-0.1, -0.05) is 55.8 Å². The zero-order chi connectivity index (χ0) is 17.3. The van der Waals surface area contributed by atoms with Crippen LogP contribution in [0.25, 0.3) is 11.4 Å². The van der Waals surface area contributed by atoms with E-state index in [1.54, 1.807) is 0 Å². The maximum atomic E-state index is 12.8. The van der Waals surface area contributed by atoms with Crippen molar-refractivity contribution in [2.75, 3.05) is 6.54 Å². The molecule has 5 heteroatoms. The van der Waals surface area contributed by atoms with E-state index >= 15 is 0 Å². The van der Waals surface area contributed by atoms with Crippen molar-refractivity contribution in [2.45, 2.75) is 53.0 Å². The number of aromatic nitrogens is 2. The van der Waals surface area contributed by atoms with Crippen LogP contribution >= 0.6 is 0 Å². The fraction of sp³-hybridized carbons (Fsp3) is 0.526. The maximum absolute atomic E-state index is 12.8. The van der Waals surface area contributed by atoms with Crippen LogP contribution in [0.3, 0.4) is 0 Å². The molecule has 1 aromatic carbocycles. The minimum atomic E-state index is -0.407. The van der Waals surface area contributed by atoms with Crippen molar-refractivity contribution in [2.24, 2.45) is 5.41 Å². The lowest BCUT2D eigenvalue weighted by Gasteiger charge is -2.37. The van der Waals surface area contributed by atoms with Crippen LogP contribution in [0.4, 0.5) is 0 Å². The van der Waals surface area contributed by atoms with Crippen LogP contribution in [0.1, 0.15) is 57.5 Å². The van der Waals surface area contributed by atoms with E-state index in [4.69, 9.17) is 4.52 Å². The third-order valence-electron chi connectivity index (χ3n) is 4.44. The average molecular weight is 327 g/mol. The maximum Gasteiger partial charge on any atom is 0.249 e. The van der Waals surface area contributed by atoms with Crippen LogP contribution < -0.4 is 0 Å². The predicted octanol–water partition coefficient (Wildman–Crippen LogP) is 4.14. The highest BCUT2D eigenvalue weighted by molar-refractivity contribution is 5.82. The second-order valence-electron chi connectivity index (χ2n) is 7.58. The Balaban J connectivity index is 1.87. The second-order valence-corrected chi connectivity index (χ2v) is 7.58. The summed E-state index contributed by atoms with van der Waals surface area (Å²) in [4.78, 5) is 19.2. The van der Waals surface area contributed by atoms with Gasteiger partial charge in [-0.2, -0.15) is 4.98 Å².